The summed E-state index contributed by atoms with van der Waals surface area (Å²) in [5, 5.41) is 8.12. The van der Waals surface area contributed by atoms with Crippen LogP contribution < -0.4 is 0 Å². The van der Waals surface area contributed by atoms with E-state index in [1.54, 1.807) is 30.6 Å². The Hall–Kier alpha value is -3.09. The summed E-state index contributed by atoms with van der Waals surface area (Å²) >= 11 is 0. The van der Waals surface area contributed by atoms with Crippen molar-refractivity contribution in [3.8, 4) is 22.5 Å². The molecule has 160 valence electrons. The monoisotopic (exact) mass is 422 g/mol. The summed E-state index contributed by atoms with van der Waals surface area (Å²) in [5.74, 6) is 0.402. The first-order valence-electron chi connectivity index (χ1n) is 10.7. The summed E-state index contributed by atoms with van der Waals surface area (Å²) < 4.78 is 31.2. The van der Waals surface area contributed by atoms with Crippen molar-refractivity contribution in [3.63, 3.8) is 0 Å². The van der Waals surface area contributed by atoms with Crippen LogP contribution in [0.5, 0.6) is 0 Å². The molecule has 5 rings (SSSR count). The molecular formula is C24H24F2N4O. The highest BCUT2D eigenvalue weighted by molar-refractivity contribution is 5.81. The Balaban J connectivity index is 1.35. The minimum Gasteiger partial charge on any atom is -0.342 e. The minimum absolute atomic E-state index is 0.232. The van der Waals surface area contributed by atoms with Gasteiger partial charge in [-0.15, -0.1) is 10.2 Å². The van der Waals surface area contributed by atoms with Gasteiger partial charge in [-0.05, 0) is 61.4 Å². The normalized spacial score (nSPS) is 18.5. The van der Waals surface area contributed by atoms with Crippen LogP contribution in [0.15, 0.2) is 42.7 Å². The van der Waals surface area contributed by atoms with Crippen LogP contribution in [-0.2, 0) is 11.3 Å². The van der Waals surface area contributed by atoms with E-state index in [-0.39, 0.29) is 17.6 Å². The van der Waals surface area contributed by atoms with Crippen molar-refractivity contribution in [3.05, 3.63) is 59.9 Å². The van der Waals surface area contributed by atoms with Gasteiger partial charge in [0.25, 0.3) is 0 Å². The topological polar surface area (TPSA) is 51.0 Å². The third kappa shape index (κ3) is 3.96. The number of hydrogen-bond donors (Lipinski definition) is 0. The molecule has 1 aliphatic heterocycles. The highest BCUT2D eigenvalue weighted by atomic mass is 19.1. The molecule has 1 aliphatic carbocycles. The third-order valence-corrected chi connectivity index (χ3v) is 6.24. The Kier molecular flexibility index (Phi) is 5.04. The van der Waals surface area contributed by atoms with E-state index in [4.69, 9.17) is 0 Å². The Morgan fingerprint density at radius 1 is 1.06 bits per heavy atom. The molecule has 0 N–H and O–H groups in total. The number of halogens is 2. The van der Waals surface area contributed by atoms with Gasteiger partial charge in [0.1, 0.15) is 18.0 Å². The van der Waals surface area contributed by atoms with E-state index >= 15 is 4.39 Å². The molecule has 5 nitrogen and oxygen atoms in total. The van der Waals surface area contributed by atoms with E-state index in [0.717, 1.165) is 37.9 Å². The maximum absolute atomic E-state index is 15.0. The zero-order valence-corrected chi connectivity index (χ0v) is 17.4. The molecule has 1 aromatic heterocycles. The first-order chi connectivity index (χ1) is 15.0. The lowest BCUT2D eigenvalue weighted by Gasteiger charge is -2.17. The number of aromatic nitrogens is 3. The number of likely N-dealkylation sites (tertiary alicyclic amines) is 1. The average Bonchev–Trinajstić information content (AvgIpc) is 3.32. The summed E-state index contributed by atoms with van der Waals surface area (Å²) in [4.78, 5) is 14.3. The lowest BCUT2D eigenvalue weighted by molar-refractivity contribution is -0.131. The molecule has 1 atom stereocenters. The number of benzene rings is 2. The second-order valence-electron chi connectivity index (χ2n) is 8.70. The highest BCUT2D eigenvalue weighted by Gasteiger charge is 2.36. The second-order valence-corrected chi connectivity index (χ2v) is 8.70. The number of nitrogens with zero attached hydrogens (tertiary/aromatic N) is 4. The van der Waals surface area contributed by atoms with E-state index in [2.05, 4.69) is 10.2 Å². The predicted octanol–water partition coefficient (Wildman–Crippen LogP) is 4.46. The number of hydrogen-bond acceptors (Lipinski definition) is 3. The van der Waals surface area contributed by atoms with Gasteiger partial charge in [0.2, 0.25) is 5.91 Å². The summed E-state index contributed by atoms with van der Waals surface area (Å²) in [6, 6.07) is 9.58. The van der Waals surface area contributed by atoms with Crippen LogP contribution in [0.25, 0.3) is 22.5 Å². The summed E-state index contributed by atoms with van der Waals surface area (Å²) in [6.07, 6.45) is 4.55. The van der Waals surface area contributed by atoms with Crippen molar-refractivity contribution in [1.82, 2.24) is 19.7 Å². The molecule has 3 aromatic rings. The molecule has 2 aromatic carbocycles. The molecule has 1 unspecified atom stereocenters. The van der Waals surface area contributed by atoms with Crippen molar-refractivity contribution in [2.24, 2.45) is 11.8 Å². The molecule has 2 heterocycles. The molecular weight excluding hydrogens is 398 g/mol. The number of carbonyl (C=O) groups excluding carboxylic acids is 1. The van der Waals surface area contributed by atoms with Crippen molar-refractivity contribution >= 4 is 5.91 Å². The predicted molar refractivity (Wildman–Crippen MR) is 113 cm³/mol. The second kappa shape index (κ2) is 7.87. The van der Waals surface area contributed by atoms with Gasteiger partial charge in [0.15, 0.2) is 5.82 Å². The number of rotatable bonds is 5. The first-order valence-corrected chi connectivity index (χ1v) is 10.7. The lowest BCUT2D eigenvalue weighted by Crippen LogP contribution is -2.30. The molecule has 2 fully saturated rings. The van der Waals surface area contributed by atoms with Gasteiger partial charge >= 0.3 is 0 Å². The van der Waals surface area contributed by atoms with Gasteiger partial charge < -0.3 is 9.47 Å². The Morgan fingerprint density at radius 2 is 1.84 bits per heavy atom. The SMILES string of the molecule is Cc1ccc(-c2ccc(-c3nncn3CC3CCN(C(=O)C4CC4)C3)c(F)c2)c(F)c1. The van der Waals surface area contributed by atoms with E-state index in [1.165, 1.54) is 12.1 Å². The van der Waals surface area contributed by atoms with E-state index in [0.29, 0.717) is 35.0 Å². The average molecular weight is 422 g/mol. The van der Waals surface area contributed by atoms with Crippen LogP contribution in [0, 0.1) is 30.4 Å². The van der Waals surface area contributed by atoms with E-state index in [9.17, 15) is 9.18 Å². The van der Waals surface area contributed by atoms with Crippen LogP contribution in [0.4, 0.5) is 8.78 Å². The molecule has 1 saturated carbocycles. The first kappa shape index (κ1) is 19.8. The van der Waals surface area contributed by atoms with Crippen LogP contribution in [-0.4, -0.2) is 38.7 Å². The van der Waals surface area contributed by atoms with Gasteiger partial charge in [-0.2, -0.15) is 0 Å². The molecule has 2 aliphatic rings. The fourth-order valence-electron chi connectivity index (χ4n) is 4.36. The van der Waals surface area contributed by atoms with Crippen molar-refractivity contribution in [2.45, 2.75) is 32.7 Å². The molecule has 1 amide bonds. The van der Waals surface area contributed by atoms with E-state index in [1.807, 2.05) is 16.4 Å². The Bertz CT molecular complexity index is 1140. The summed E-state index contributed by atoms with van der Waals surface area (Å²) in [7, 11) is 0. The fraction of sp³-hybridized carbons (Fsp3) is 0.375. The number of carbonyl (C=O) groups is 1. The zero-order chi connectivity index (χ0) is 21.5. The van der Waals surface area contributed by atoms with Crippen LogP contribution in [0.2, 0.25) is 0 Å². The number of aryl methyl sites for hydroxylation is 1. The molecule has 0 spiro atoms. The summed E-state index contributed by atoms with van der Waals surface area (Å²) in [6.45, 7) is 3.95. The van der Waals surface area contributed by atoms with Gasteiger partial charge in [-0.1, -0.05) is 18.2 Å². The zero-order valence-electron chi connectivity index (χ0n) is 17.4. The molecule has 0 radical (unpaired) electrons. The van der Waals surface area contributed by atoms with Crippen molar-refractivity contribution in [2.75, 3.05) is 13.1 Å². The van der Waals surface area contributed by atoms with Crippen molar-refractivity contribution in [1.29, 1.82) is 0 Å². The fourth-order valence-corrected chi connectivity index (χ4v) is 4.36. The van der Waals surface area contributed by atoms with Gasteiger partial charge in [-0.3, -0.25) is 4.79 Å². The Labute approximate surface area is 179 Å². The molecule has 1 saturated heterocycles. The maximum Gasteiger partial charge on any atom is 0.225 e. The van der Waals surface area contributed by atoms with Crippen LogP contribution >= 0.6 is 0 Å². The van der Waals surface area contributed by atoms with Gasteiger partial charge in [0.05, 0.1) is 5.56 Å². The molecule has 0 bridgehead atoms. The van der Waals surface area contributed by atoms with Gasteiger partial charge in [-0.25, -0.2) is 8.78 Å². The van der Waals surface area contributed by atoms with Crippen LogP contribution in [0.3, 0.4) is 0 Å². The smallest absolute Gasteiger partial charge is 0.225 e. The van der Waals surface area contributed by atoms with Gasteiger partial charge in [0, 0.05) is 31.1 Å². The van der Waals surface area contributed by atoms with E-state index < -0.39 is 5.82 Å². The highest BCUT2D eigenvalue weighted by Crippen LogP contribution is 2.34. The largest absolute Gasteiger partial charge is 0.342 e. The quantitative estimate of drug-likeness (QED) is 0.610. The molecule has 31 heavy (non-hydrogen) atoms. The third-order valence-electron chi connectivity index (χ3n) is 6.24. The van der Waals surface area contributed by atoms with Crippen LogP contribution in [0.1, 0.15) is 24.8 Å². The van der Waals surface area contributed by atoms with Crippen molar-refractivity contribution < 1.29 is 13.6 Å². The Morgan fingerprint density at radius 3 is 2.58 bits per heavy atom. The summed E-state index contributed by atoms with van der Waals surface area (Å²) in [5.41, 5.74) is 1.99. The minimum atomic E-state index is -0.469. The standard InChI is InChI=1S/C24H24F2N4O/c1-15-2-6-19(21(25)10-15)18-5-7-20(22(26)11-18)23-28-27-14-30(23)13-16-8-9-29(12-16)24(31)17-3-4-17/h2,5-7,10-11,14,16-17H,3-4,8-9,12-13H2,1H3. The number of amides is 1. The maximum atomic E-state index is 15.0. The molecule has 7 heteroatoms. The lowest BCUT2D eigenvalue weighted by atomic mass is 10.0.